The van der Waals surface area contributed by atoms with Crippen LogP contribution in [0.5, 0.6) is 0 Å². The van der Waals surface area contributed by atoms with Gasteiger partial charge in [0.05, 0.1) is 23.3 Å². The number of hydrogen-bond acceptors (Lipinski definition) is 5. The van der Waals surface area contributed by atoms with E-state index >= 15 is 0 Å². The summed E-state index contributed by atoms with van der Waals surface area (Å²) in [6.07, 6.45) is -2.60. The number of hydrogen-bond donors (Lipinski definition) is 1. The van der Waals surface area contributed by atoms with Crippen molar-refractivity contribution in [1.29, 1.82) is 0 Å². The fraction of sp³-hybridized carbons (Fsp3) is 0.438. The molecule has 9 nitrogen and oxygen atoms in total. The van der Waals surface area contributed by atoms with E-state index in [1.54, 1.807) is 26.8 Å². The summed E-state index contributed by atoms with van der Waals surface area (Å²) in [6, 6.07) is 3.71. The van der Waals surface area contributed by atoms with Gasteiger partial charge in [-0.2, -0.15) is 5.10 Å². The molecule has 28 heavy (non-hydrogen) atoms. The van der Waals surface area contributed by atoms with Crippen LogP contribution in [0.25, 0.3) is 16.1 Å². The number of carbonyl (C=O) groups excluding carboxylic acids is 1. The van der Waals surface area contributed by atoms with Gasteiger partial charge in [0, 0.05) is 4.91 Å². The van der Waals surface area contributed by atoms with Gasteiger partial charge in [-0.3, -0.25) is 0 Å². The minimum atomic E-state index is -2.86. The first-order valence-corrected chi connectivity index (χ1v) is 8.48. The third-order valence-electron chi connectivity index (χ3n) is 3.39. The first-order valence-electron chi connectivity index (χ1n) is 8.10. The average Bonchev–Trinajstić information content (AvgIpc) is 3.07. The molecule has 150 valence electrons. The summed E-state index contributed by atoms with van der Waals surface area (Å²) in [5.41, 5.74) is 8.48. The van der Waals surface area contributed by atoms with Gasteiger partial charge in [0.1, 0.15) is 11.9 Å². The Morgan fingerprint density at radius 3 is 2.79 bits per heavy atom. The fourth-order valence-corrected chi connectivity index (χ4v) is 2.49. The van der Waals surface area contributed by atoms with Crippen molar-refractivity contribution in [2.24, 2.45) is 5.11 Å². The molecule has 0 saturated carbocycles. The smallest absolute Gasteiger partial charge is 0.408 e. The van der Waals surface area contributed by atoms with Crippen LogP contribution in [0.1, 0.15) is 44.6 Å². The Bertz CT molecular complexity index is 891. The molecule has 0 spiro atoms. The largest absolute Gasteiger partial charge is 0.444 e. The Kier molecular flexibility index (Phi) is 6.76. The van der Waals surface area contributed by atoms with Gasteiger partial charge in [0.25, 0.3) is 6.43 Å². The van der Waals surface area contributed by atoms with Gasteiger partial charge in [-0.05, 0) is 44.0 Å². The molecule has 2 aromatic rings. The third-order valence-corrected chi connectivity index (χ3v) is 3.71. The molecule has 1 heterocycles. The summed E-state index contributed by atoms with van der Waals surface area (Å²) in [6.45, 7) is 4.97. The maximum atomic E-state index is 13.1. The number of amides is 1. The van der Waals surface area contributed by atoms with Crippen LogP contribution < -0.4 is 5.32 Å². The fourth-order valence-electron chi connectivity index (χ4n) is 2.30. The molecule has 0 aliphatic carbocycles. The van der Waals surface area contributed by atoms with Crippen LogP contribution in [-0.2, 0) is 4.74 Å². The van der Waals surface area contributed by atoms with E-state index in [1.807, 2.05) is 0 Å². The van der Waals surface area contributed by atoms with E-state index in [-0.39, 0.29) is 17.3 Å². The number of rotatable bonds is 6. The highest BCUT2D eigenvalue weighted by Crippen LogP contribution is 2.28. The molecule has 12 heteroatoms. The third kappa shape index (κ3) is 5.54. The van der Waals surface area contributed by atoms with E-state index in [0.29, 0.717) is 5.56 Å². The highest BCUT2D eigenvalue weighted by Gasteiger charge is 2.23. The Morgan fingerprint density at radius 2 is 2.18 bits per heavy atom. The van der Waals surface area contributed by atoms with Gasteiger partial charge in [-0.15, -0.1) is 0 Å². The van der Waals surface area contributed by atoms with Crippen LogP contribution in [0, 0.1) is 0 Å². The van der Waals surface area contributed by atoms with Crippen LogP contribution in [-0.4, -0.2) is 33.0 Å². The molecule has 1 amide bonds. The molecule has 0 radical (unpaired) electrons. The van der Waals surface area contributed by atoms with Gasteiger partial charge in [-0.25, -0.2) is 23.2 Å². The number of alkyl halides is 2. The second kappa shape index (κ2) is 8.85. The molecule has 0 fully saturated rings. The van der Waals surface area contributed by atoms with Gasteiger partial charge < -0.3 is 10.1 Å². The zero-order valence-corrected chi connectivity index (χ0v) is 16.1. The van der Waals surface area contributed by atoms with Crippen LogP contribution >= 0.6 is 11.6 Å². The standard InChI is InChI=1S/C16H18ClF2N7O2/c1-16(2,3)28-15(27)24-11(7-22-25-20)9-4-5-10(17)12(6-9)26-14(13(18)19)21-8-23-26/h4-6,8,11,13H,7H2,1-3H3,(H,24,27)/t11-/m1/s1. The van der Waals surface area contributed by atoms with E-state index in [9.17, 15) is 13.6 Å². The van der Waals surface area contributed by atoms with Crippen molar-refractivity contribution in [3.63, 3.8) is 0 Å². The zero-order valence-electron chi connectivity index (χ0n) is 15.3. The van der Waals surface area contributed by atoms with Crippen LogP contribution in [0.15, 0.2) is 29.6 Å². The lowest BCUT2D eigenvalue weighted by Crippen LogP contribution is -2.36. The summed E-state index contributed by atoms with van der Waals surface area (Å²) in [7, 11) is 0. The van der Waals surface area contributed by atoms with Crippen LogP contribution in [0.4, 0.5) is 13.6 Å². The van der Waals surface area contributed by atoms with Gasteiger partial charge in [-0.1, -0.05) is 22.8 Å². The molecular formula is C16H18ClF2N7O2. The van der Waals surface area contributed by atoms with E-state index in [4.69, 9.17) is 21.9 Å². The summed E-state index contributed by atoms with van der Waals surface area (Å²) in [5, 5.41) is 10.0. The van der Waals surface area contributed by atoms with Gasteiger partial charge in [0.2, 0.25) is 0 Å². The molecule has 0 bridgehead atoms. The predicted molar refractivity (Wildman–Crippen MR) is 97.4 cm³/mol. The molecule has 0 saturated heterocycles. The quantitative estimate of drug-likeness (QED) is 0.418. The van der Waals surface area contributed by atoms with Crippen molar-refractivity contribution in [1.82, 2.24) is 20.1 Å². The first kappa shape index (κ1) is 21.4. The number of aromatic nitrogens is 3. The topological polar surface area (TPSA) is 118 Å². The monoisotopic (exact) mass is 413 g/mol. The van der Waals surface area contributed by atoms with E-state index in [2.05, 4.69) is 25.4 Å². The second-order valence-electron chi connectivity index (χ2n) is 6.65. The molecule has 0 aliphatic heterocycles. The molecular weight excluding hydrogens is 396 g/mol. The molecule has 1 atom stereocenters. The van der Waals surface area contributed by atoms with Gasteiger partial charge in [0.15, 0.2) is 5.82 Å². The van der Waals surface area contributed by atoms with Crippen molar-refractivity contribution >= 4 is 17.7 Å². The number of nitrogens with zero attached hydrogens (tertiary/aromatic N) is 6. The molecule has 0 unspecified atom stereocenters. The Hall–Kier alpha value is -2.91. The summed E-state index contributed by atoms with van der Waals surface area (Å²) in [5.74, 6) is -0.578. The Morgan fingerprint density at radius 1 is 1.46 bits per heavy atom. The van der Waals surface area contributed by atoms with Crippen molar-refractivity contribution < 1.29 is 18.3 Å². The normalized spacial score (nSPS) is 12.4. The molecule has 2 rings (SSSR count). The molecule has 0 aliphatic rings. The number of carbonyl (C=O) groups is 1. The predicted octanol–water partition coefficient (Wildman–Crippen LogP) is 4.73. The maximum Gasteiger partial charge on any atom is 0.408 e. The van der Waals surface area contributed by atoms with E-state index in [1.165, 1.54) is 12.1 Å². The minimum Gasteiger partial charge on any atom is -0.444 e. The van der Waals surface area contributed by atoms with Gasteiger partial charge >= 0.3 is 6.09 Å². The number of benzene rings is 1. The van der Waals surface area contributed by atoms with Crippen molar-refractivity contribution in [2.75, 3.05) is 6.54 Å². The van der Waals surface area contributed by atoms with Crippen molar-refractivity contribution in [2.45, 2.75) is 38.8 Å². The Labute approximate surface area is 164 Å². The SMILES string of the molecule is CC(C)(C)OC(=O)N[C@H](CN=[N+]=[N-])c1ccc(Cl)c(-n2ncnc2C(F)F)c1. The number of nitrogens with one attached hydrogen (secondary N) is 1. The van der Waals surface area contributed by atoms with Crippen molar-refractivity contribution in [3.05, 3.63) is 51.4 Å². The zero-order chi connectivity index (χ0) is 20.9. The number of halogens is 3. The second-order valence-corrected chi connectivity index (χ2v) is 7.06. The first-order chi connectivity index (χ1) is 13.1. The summed E-state index contributed by atoms with van der Waals surface area (Å²) < 4.78 is 32.4. The van der Waals surface area contributed by atoms with Crippen LogP contribution in [0.3, 0.4) is 0 Å². The highest BCUT2D eigenvalue weighted by molar-refractivity contribution is 6.32. The molecule has 1 aromatic heterocycles. The van der Waals surface area contributed by atoms with E-state index in [0.717, 1.165) is 11.0 Å². The maximum absolute atomic E-state index is 13.1. The lowest BCUT2D eigenvalue weighted by Gasteiger charge is -2.23. The molecule has 1 N–H and O–H groups in total. The lowest BCUT2D eigenvalue weighted by molar-refractivity contribution is 0.0505. The summed E-state index contributed by atoms with van der Waals surface area (Å²) in [4.78, 5) is 18.3. The highest BCUT2D eigenvalue weighted by atomic mass is 35.5. The lowest BCUT2D eigenvalue weighted by atomic mass is 10.1. The van der Waals surface area contributed by atoms with E-state index < -0.39 is 30.0 Å². The van der Waals surface area contributed by atoms with Crippen molar-refractivity contribution in [3.8, 4) is 5.69 Å². The molecule has 1 aromatic carbocycles. The summed E-state index contributed by atoms with van der Waals surface area (Å²) >= 11 is 6.14. The van der Waals surface area contributed by atoms with Crippen LogP contribution in [0.2, 0.25) is 5.02 Å². The number of ether oxygens (including phenoxy) is 1. The Balaban J connectivity index is 2.40. The number of azide groups is 1. The average molecular weight is 414 g/mol. The number of alkyl carbamates (subject to hydrolysis) is 1. The minimum absolute atomic E-state index is 0.129.